The molecule has 92 valence electrons. The van der Waals surface area contributed by atoms with Crippen molar-refractivity contribution >= 4 is 22.6 Å². The number of carboxylic acid groups (broad SMARTS) is 1. The summed E-state index contributed by atoms with van der Waals surface area (Å²) in [4.78, 5) is 15.3. The maximum atomic E-state index is 10.8. The van der Waals surface area contributed by atoms with E-state index < -0.39 is 5.97 Å². The van der Waals surface area contributed by atoms with Crippen LogP contribution >= 0.6 is 11.5 Å². The molecule has 1 aromatic rings. The van der Waals surface area contributed by atoms with Crippen molar-refractivity contribution in [3.63, 3.8) is 0 Å². The van der Waals surface area contributed by atoms with Crippen LogP contribution in [-0.4, -0.2) is 26.5 Å². The molecule has 3 rings (SSSR count). The number of hydrogen-bond acceptors (Lipinski definition) is 5. The summed E-state index contributed by atoms with van der Waals surface area (Å²) in [6.45, 7) is 0. The highest BCUT2D eigenvalue weighted by Crippen LogP contribution is 2.39. The SMILES string of the molecule is O=C(O)C1CCC(Nc2nc(C3CC3)ns2)C1. The van der Waals surface area contributed by atoms with E-state index in [-0.39, 0.29) is 12.0 Å². The summed E-state index contributed by atoms with van der Waals surface area (Å²) in [6, 6.07) is 0.246. The Morgan fingerprint density at radius 1 is 1.35 bits per heavy atom. The quantitative estimate of drug-likeness (QED) is 0.859. The molecule has 0 spiro atoms. The zero-order valence-corrected chi connectivity index (χ0v) is 10.2. The molecular formula is C11H15N3O2S. The minimum absolute atomic E-state index is 0.191. The van der Waals surface area contributed by atoms with Crippen LogP contribution in [0.2, 0.25) is 0 Å². The molecule has 2 atom stereocenters. The van der Waals surface area contributed by atoms with Gasteiger partial charge in [0, 0.05) is 23.5 Å². The first-order valence-corrected chi connectivity index (χ1v) is 6.82. The molecule has 0 bridgehead atoms. The smallest absolute Gasteiger partial charge is 0.306 e. The summed E-state index contributed by atoms with van der Waals surface area (Å²) in [5.74, 6) is 0.677. The van der Waals surface area contributed by atoms with Crippen LogP contribution in [0.25, 0.3) is 0 Å². The van der Waals surface area contributed by atoms with Crippen molar-refractivity contribution in [2.24, 2.45) is 5.92 Å². The van der Waals surface area contributed by atoms with Gasteiger partial charge in [-0.1, -0.05) is 0 Å². The molecule has 0 aliphatic heterocycles. The fraction of sp³-hybridized carbons (Fsp3) is 0.727. The minimum Gasteiger partial charge on any atom is -0.481 e. The number of aromatic nitrogens is 2. The Morgan fingerprint density at radius 3 is 2.82 bits per heavy atom. The molecule has 17 heavy (non-hydrogen) atoms. The average molecular weight is 253 g/mol. The van der Waals surface area contributed by atoms with Crippen molar-refractivity contribution in [1.82, 2.24) is 9.36 Å². The standard InChI is InChI=1S/C11H15N3O2S/c15-10(16)7-3-4-8(5-7)12-11-13-9(14-17-11)6-1-2-6/h6-8H,1-5H2,(H,15,16)(H,12,13,14). The monoisotopic (exact) mass is 253 g/mol. The maximum absolute atomic E-state index is 10.8. The van der Waals surface area contributed by atoms with Crippen LogP contribution < -0.4 is 5.32 Å². The lowest BCUT2D eigenvalue weighted by atomic mass is 10.1. The van der Waals surface area contributed by atoms with E-state index in [1.807, 2.05) is 0 Å². The molecular weight excluding hydrogens is 238 g/mol. The third-order valence-electron chi connectivity index (χ3n) is 3.49. The molecule has 0 amide bonds. The molecule has 2 saturated carbocycles. The summed E-state index contributed by atoms with van der Waals surface area (Å²) in [6.07, 6.45) is 4.80. The summed E-state index contributed by atoms with van der Waals surface area (Å²) in [7, 11) is 0. The summed E-state index contributed by atoms with van der Waals surface area (Å²) in [5, 5.41) is 13.1. The minimum atomic E-state index is -0.676. The predicted molar refractivity (Wildman–Crippen MR) is 64.3 cm³/mol. The molecule has 1 heterocycles. The third kappa shape index (κ3) is 2.41. The molecule has 2 aliphatic carbocycles. The van der Waals surface area contributed by atoms with Crippen molar-refractivity contribution in [2.75, 3.05) is 5.32 Å². The van der Waals surface area contributed by atoms with E-state index in [0.717, 1.165) is 23.8 Å². The maximum Gasteiger partial charge on any atom is 0.306 e. The van der Waals surface area contributed by atoms with E-state index in [1.165, 1.54) is 24.4 Å². The van der Waals surface area contributed by atoms with Crippen LogP contribution in [0.1, 0.15) is 43.8 Å². The van der Waals surface area contributed by atoms with Gasteiger partial charge in [-0.15, -0.1) is 0 Å². The van der Waals surface area contributed by atoms with Gasteiger partial charge in [0.1, 0.15) is 5.82 Å². The lowest BCUT2D eigenvalue weighted by molar-refractivity contribution is -0.141. The van der Waals surface area contributed by atoms with E-state index >= 15 is 0 Å². The van der Waals surface area contributed by atoms with Gasteiger partial charge in [-0.05, 0) is 32.1 Å². The first-order chi connectivity index (χ1) is 8.22. The van der Waals surface area contributed by atoms with Gasteiger partial charge in [0.2, 0.25) is 5.13 Å². The van der Waals surface area contributed by atoms with Crippen LogP contribution in [-0.2, 0) is 4.79 Å². The zero-order valence-electron chi connectivity index (χ0n) is 9.43. The Balaban J connectivity index is 1.57. The number of hydrogen-bond donors (Lipinski definition) is 2. The highest BCUT2D eigenvalue weighted by atomic mass is 32.1. The van der Waals surface area contributed by atoms with E-state index in [2.05, 4.69) is 14.7 Å². The normalized spacial score (nSPS) is 28.2. The van der Waals surface area contributed by atoms with E-state index in [0.29, 0.717) is 12.3 Å². The highest BCUT2D eigenvalue weighted by molar-refractivity contribution is 7.09. The first-order valence-electron chi connectivity index (χ1n) is 6.05. The zero-order chi connectivity index (χ0) is 11.8. The number of anilines is 1. The lowest BCUT2D eigenvalue weighted by Gasteiger charge is -2.09. The van der Waals surface area contributed by atoms with Crippen LogP contribution in [0.15, 0.2) is 0 Å². The Kier molecular flexibility index (Phi) is 2.74. The van der Waals surface area contributed by atoms with Crippen molar-refractivity contribution in [3.05, 3.63) is 5.82 Å². The molecule has 2 aliphatic rings. The topological polar surface area (TPSA) is 75.1 Å². The van der Waals surface area contributed by atoms with E-state index in [9.17, 15) is 4.79 Å². The Morgan fingerprint density at radius 2 is 2.18 bits per heavy atom. The van der Waals surface area contributed by atoms with Crippen molar-refractivity contribution in [3.8, 4) is 0 Å². The van der Waals surface area contributed by atoms with Crippen molar-refractivity contribution < 1.29 is 9.90 Å². The summed E-state index contributed by atoms with van der Waals surface area (Å²) < 4.78 is 4.33. The molecule has 5 nitrogen and oxygen atoms in total. The van der Waals surface area contributed by atoms with Gasteiger partial charge in [0.15, 0.2) is 0 Å². The van der Waals surface area contributed by atoms with Crippen LogP contribution in [0.5, 0.6) is 0 Å². The predicted octanol–water partition coefficient (Wildman–Crippen LogP) is 2.08. The van der Waals surface area contributed by atoms with Gasteiger partial charge in [-0.2, -0.15) is 4.37 Å². The molecule has 2 unspecified atom stereocenters. The van der Waals surface area contributed by atoms with Gasteiger partial charge in [0.25, 0.3) is 0 Å². The highest BCUT2D eigenvalue weighted by Gasteiger charge is 2.31. The van der Waals surface area contributed by atoms with E-state index in [4.69, 9.17) is 5.11 Å². The van der Waals surface area contributed by atoms with Gasteiger partial charge < -0.3 is 10.4 Å². The van der Waals surface area contributed by atoms with Crippen LogP contribution in [0.4, 0.5) is 5.13 Å². The number of carboxylic acids is 1. The Bertz CT molecular complexity index is 430. The van der Waals surface area contributed by atoms with Gasteiger partial charge in [0.05, 0.1) is 5.92 Å². The fourth-order valence-electron chi connectivity index (χ4n) is 2.31. The number of aliphatic carboxylic acids is 1. The van der Waals surface area contributed by atoms with Crippen molar-refractivity contribution in [1.29, 1.82) is 0 Å². The Labute approximate surface area is 103 Å². The molecule has 2 fully saturated rings. The second-order valence-electron chi connectivity index (χ2n) is 4.92. The molecule has 0 radical (unpaired) electrons. The lowest BCUT2D eigenvalue weighted by Crippen LogP contribution is -2.17. The largest absolute Gasteiger partial charge is 0.481 e. The number of nitrogens with one attached hydrogen (secondary N) is 1. The fourth-order valence-corrected chi connectivity index (χ4v) is 3.04. The third-order valence-corrected chi connectivity index (χ3v) is 4.15. The van der Waals surface area contributed by atoms with E-state index in [1.54, 1.807) is 0 Å². The molecule has 6 heteroatoms. The second kappa shape index (κ2) is 4.25. The molecule has 0 saturated heterocycles. The van der Waals surface area contributed by atoms with Gasteiger partial charge >= 0.3 is 5.97 Å². The summed E-state index contributed by atoms with van der Waals surface area (Å²) in [5.41, 5.74) is 0. The molecule has 1 aromatic heterocycles. The summed E-state index contributed by atoms with van der Waals surface area (Å²) >= 11 is 1.39. The Hall–Kier alpha value is -1.17. The van der Waals surface area contributed by atoms with Gasteiger partial charge in [-0.3, -0.25) is 4.79 Å². The van der Waals surface area contributed by atoms with Crippen LogP contribution in [0.3, 0.4) is 0 Å². The number of nitrogens with zero attached hydrogens (tertiary/aromatic N) is 2. The van der Waals surface area contributed by atoms with Gasteiger partial charge in [-0.25, -0.2) is 4.98 Å². The molecule has 2 N–H and O–H groups in total. The number of rotatable bonds is 4. The van der Waals surface area contributed by atoms with Crippen LogP contribution in [0, 0.1) is 5.92 Å². The first kappa shape index (κ1) is 11.0. The molecule has 0 aromatic carbocycles. The number of carbonyl (C=O) groups is 1. The van der Waals surface area contributed by atoms with Crippen molar-refractivity contribution in [2.45, 2.75) is 44.1 Å². The average Bonchev–Trinajstić information content (AvgIpc) is 2.87. The second-order valence-corrected chi connectivity index (χ2v) is 5.67.